The molecular formula is C14H24ClN3O. The minimum atomic E-state index is 0.112. The summed E-state index contributed by atoms with van der Waals surface area (Å²) in [6.07, 6.45) is 3.84. The average molecular weight is 286 g/mol. The summed E-state index contributed by atoms with van der Waals surface area (Å²) in [5, 5.41) is 9.74. The lowest BCUT2D eigenvalue weighted by Crippen LogP contribution is -2.37. The van der Waals surface area contributed by atoms with Gasteiger partial charge in [0.2, 0.25) is 0 Å². The van der Waals surface area contributed by atoms with E-state index in [9.17, 15) is 5.11 Å². The number of hydrogen-bond donors (Lipinski definition) is 1. The Balaban J connectivity index is 3.06. The number of hydrogen-bond acceptors (Lipinski definition) is 4. The van der Waals surface area contributed by atoms with Crippen molar-refractivity contribution in [2.24, 2.45) is 0 Å². The second kappa shape index (κ2) is 8.33. The van der Waals surface area contributed by atoms with Crippen LogP contribution in [0.4, 0.5) is 5.82 Å². The molecule has 0 spiro atoms. The molecule has 0 aliphatic heterocycles. The van der Waals surface area contributed by atoms with Crippen LogP contribution in [0.3, 0.4) is 0 Å². The van der Waals surface area contributed by atoms with Gasteiger partial charge in [0.25, 0.3) is 0 Å². The minimum absolute atomic E-state index is 0.112. The van der Waals surface area contributed by atoms with Crippen molar-refractivity contribution in [1.82, 2.24) is 9.97 Å². The maximum atomic E-state index is 9.26. The summed E-state index contributed by atoms with van der Waals surface area (Å²) >= 11 is 6.08. The first kappa shape index (κ1) is 16.2. The van der Waals surface area contributed by atoms with Crippen LogP contribution in [0, 0.1) is 0 Å². The number of nitrogens with zero attached hydrogens (tertiary/aromatic N) is 3. The molecule has 19 heavy (non-hydrogen) atoms. The zero-order valence-electron chi connectivity index (χ0n) is 12.1. The van der Waals surface area contributed by atoms with Crippen LogP contribution in [0.5, 0.6) is 0 Å². The first-order valence-corrected chi connectivity index (χ1v) is 7.44. The second-order valence-corrected chi connectivity index (χ2v) is 4.99. The van der Waals surface area contributed by atoms with Gasteiger partial charge in [-0.1, -0.05) is 32.4 Å². The van der Waals surface area contributed by atoms with Crippen molar-refractivity contribution < 1.29 is 5.11 Å². The Morgan fingerprint density at radius 1 is 1.26 bits per heavy atom. The molecule has 0 aromatic carbocycles. The lowest BCUT2D eigenvalue weighted by atomic mass is 10.1. The smallest absolute Gasteiger partial charge is 0.134 e. The molecule has 1 aromatic rings. The monoisotopic (exact) mass is 285 g/mol. The molecule has 1 rings (SSSR count). The topological polar surface area (TPSA) is 49.2 Å². The molecule has 1 N–H and O–H groups in total. The first-order chi connectivity index (χ1) is 9.15. The van der Waals surface area contributed by atoms with Gasteiger partial charge in [0.05, 0.1) is 6.61 Å². The number of aliphatic hydroxyl groups is 1. The molecule has 0 aliphatic carbocycles. The van der Waals surface area contributed by atoms with Crippen LogP contribution in [0.1, 0.15) is 45.9 Å². The number of aliphatic hydroxyl groups excluding tert-OH is 1. The summed E-state index contributed by atoms with van der Waals surface area (Å²) in [6, 6.07) is 2.15. The highest BCUT2D eigenvalue weighted by molar-refractivity contribution is 6.29. The predicted molar refractivity (Wildman–Crippen MR) is 79.8 cm³/mol. The van der Waals surface area contributed by atoms with E-state index in [0.717, 1.165) is 37.3 Å². The number of rotatable bonds is 8. The molecule has 0 unspecified atom stereocenters. The molecule has 0 amide bonds. The van der Waals surface area contributed by atoms with Crippen LogP contribution >= 0.6 is 11.6 Å². The highest BCUT2D eigenvalue weighted by Crippen LogP contribution is 2.21. The molecule has 0 aliphatic rings. The third kappa shape index (κ3) is 4.62. The SMILES string of the molecule is CCCc1nc(Cl)cc(N(CCO)C(CC)CC)n1. The van der Waals surface area contributed by atoms with E-state index in [4.69, 9.17) is 11.6 Å². The van der Waals surface area contributed by atoms with Crippen LogP contribution in [0.25, 0.3) is 0 Å². The third-order valence-corrected chi connectivity index (χ3v) is 3.41. The number of aromatic nitrogens is 2. The third-order valence-electron chi connectivity index (χ3n) is 3.22. The van der Waals surface area contributed by atoms with Crippen molar-refractivity contribution in [2.45, 2.75) is 52.5 Å². The Hall–Kier alpha value is -0.870. The van der Waals surface area contributed by atoms with Gasteiger partial charge in [0.15, 0.2) is 0 Å². The number of anilines is 1. The fourth-order valence-electron chi connectivity index (χ4n) is 2.26. The normalized spacial score (nSPS) is 11.1. The Labute approximate surface area is 120 Å². The fourth-order valence-corrected chi connectivity index (χ4v) is 2.45. The standard InChI is InChI=1S/C14H24ClN3O/c1-4-7-13-16-12(15)10-14(17-13)18(8-9-19)11(5-2)6-3/h10-11,19H,4-9H2,1-3H3. The van der Waals surface area contributed by atoms with Crippen LogP contribution < -0.4 is 4.90 Å². The highest BCUT2D eigenvalue weighted by Gasteiger charge is 2.17. The van der Waals surface area contributed by atoms with Crippen molar-refractivity contribution in [3.05, 3.63) is 17.0 Å². The number of aryl methyl sites for hydroxylation is 1. The summed E-state index contributed by atoms with van der Waals surface area (Å²) in [5.41, 5.74) is 0. The minimum Gasteiger partial charge on any atom is -0.395 e. The molecule has 0 saturated carbocycles. The molecule has 0 saturated heterocycles. The Kier molecular flexibility index (Phi) is 7.10. The molecule has 0 fully saturated rings. The van der Waals surface area contributed by atoms with Crippen molar-refractivity contribution in [3.63, 3.8) is 0 Å². The van der Waals surface area contributed by atoms with Gasteiger partial charge in [-0.05, 0) is 19.3 Å². The molecule has 0 atom stereocenters. The van der Waals surface area contributed by atoms with E-state index >= 15 is 0 Å². The van der Waals surface area contributed by atoms with E-state index in [-0.39, 0.29) is 6.61 Å². The van der Waals surface area contributed by atoms with Crippen LogP contribution in [0.2, 0.25) is 5.15 Å². The average Bonchev–Trinajstić information content (AvgIpc) is 2.38. The van der Waals surface area contributed by atoms with E-state index in [0.29, 0.717) is 17.7 Å². The van der Waals surface area contributed by atoms with Gasteiger partial charge < -0.3 is 10.0 Å². The highest BCUT2D eigenvalue weighted by atomic mass is 35.5. The van der Waals surface area contributed by atoms with E-state index < -0.39 is 0 Å². The molecule has 0 radical (unpaired) electrons. The van der Waals surface area contributed by atoms with Crippen molar-refractivity contribution in [2.75, 3.05) is 18.1 Å². The molecule has 1 heterocycles. The lowest BCUT2D eigenvalue weighted by Gasteiger charge is -2.31. The predicted octanol–water partition coefficient (Wildman–Crippen LogP) is 3.07. The molecular weight excluding hydrogens is 262 g/mol. The Morgan fingerprint density at radius 2 is 1.95 bits per heavy atom. The summed E-state index contributed by atoms with van der Waals surface area (Å²) in [7, 11) is 0. The summed E-state index contributed by atoms with van der Waals surface area (Å²) in [6.45, 7) is 7.07. The zero-order valence-corrected chi connectivity index (χ0v) is 12.8. The molecule has 1 aromatic heterocycles. The van der Waals surface area contributed by atoms with Crippen molar-refractivity contribution in [3.8, 4) is 0 Å². The van der Waals surface area contributed by atoms with Gasteiger partial charge in [-0.3, -0.25) is 0 Å². The summed E-state index contributed by atoms with van der Waals surface area (Å²) < 4.78 is 0. The van der Waals surface area contributed by atoms with E-state index in [1.165, 1.54) is 0 Å². The van der Waals surface area contributed by atoms with Crippen molar-refractivity contribution in [1.29, 1.82) is 0 Å². The summed E-state index contributed by atoms with van der Waals surface area (Å²) in [5.74, 6) is 1.60. The molecule has 4 nitrogen and oxygen atoms in total. The quantitative estimate of drug-likeness (QED) is 0.746. The molecule has 5 heteroatoms. The maximum Gasteiger partial charge on any atom is 0.134 e. The van der Waals surface area contributed by atoms with Gasteiger partial charge in [-0.15, -0.1) is 0 Å². The molecule has 0 bridgehead atoms. The van der Waals surface area contributed by atoms with Crippen molar-refractivity contribution >= 4 is 17.4 Å². The van der Waals surface area contributed by atoms with Crippen LogP contribution in [0.15, 0.2) is 6.07 Å². The van der Waals surface area contributed by atoms with E-state index in [2.05, 4.69) is 35.6 Å². The van der Waals surface area contributed by atoms with Crippen LogP contribution in [-0.4, -0.2) is 34.3 Å². The fraction of sp³-hybridized carbons (Fsp3) is 0.714. The van der Waals surface area contributed by atoms with E-state index in [1.54, 1.807) is 6.07 Å². The maximum absolute atomic E-state index is 9.26. The van der Waals surface area contributed by atoms with E-state index in [1.807, 2.05) is 0 Å². The summed E-state index contributed by atoms with van der Waals surface area (Å²) in [4.78, 5) is 11.0. The van der Waals surface area contributed by atoms with Gasteiger partial charge in [-0.2, -0.15) is 0 Å². The van der Waals surface area contributed by atoms with Gasteiger partial charge in [0.1, 0.15) is 16.8 Å². The zero-order chi connectivity index (χ0) is 14.3. The first-order valence-electron chi connectivity index (χ1n) is 7.07. The molecule has 108 valence electrons. The lowest BCUT2D eigenvalue weighted by molar-refractivity contribution is 0.295. The van der Waals surface area contributed by atoms with Gasteiger partial charge >= 0.3 is 0 Å². The Morgan fingerprint density at radius 3 is 2.47 bits per heavy atom. The second-order valence-electron chi connectivity index (χ2n) is 4.60. The van der Waals surface area contributed by atoms with Gasteiger partial charge in [-0.25, -0.2) is 9.97 Å². The van der Waals surface area contributed by atoms with Gasteiger partial charge in [0, 0.05) is 25.1 Å². The Bertz CT molecular complexity index is 383. The number of halogens is 1. The van der Waals surface area contributed by atoms with Crippen LogP contribution in [-0.2, 0) is 6.42 Å². The largest absolute Gasteiger partial charge is 0.395 e.